The van der Waals surface area contributed by atoms with Gasteiger partial charge in [0.25, 0.3) is 5.56 Å². The van der Waals surface area contributed by atoms with Gasteiger partial charge in [-0.1, -0.05) is 11.8 Å². The highest BCUT2D eigenvalue weighted by molar-refractivity contribution is 7.99. The summed E-state index contributed by atoms with van der Waals surface area (Å²) in [6, 6.07) is 1.79. The molecule has 1 aliphatic heterocycles. The monoisotopic (exact) mass is 342 g/mol. The van der Waals surface area contributed by atoms with E-state index in [1.54, 1.807) is 10.6 Å². The van der Waals surface area contributed by atoms with Crippen molar-refractivity contribution >= 4 is 51.0 Å². The second kappa shape index (κ2) is 6.41. The Morgan fingerprint density at radius 2 is 2.43 bits per heavy atom. The molecule has 0 bridgehead atoms. The predicted molar refractivity (Wildman–Crippen MR) is 87.7 cm³/mol. The number of carboxylic acid groups (broad SMARTS) is 1. The largest absolute Gasteiger partial charge is 0.481 e. The van der Waals surface area contributed by atoms with Crippen LogP contribution in [0.4, 0.5) is 0 Å². The molecule has 1 atom stereocenters. The van der Waals surface area contributed by atoms with Crippen molar-refractivity contribution in [2.24, 2.45) is 5.92 Å². The maximum absolute atomic E-state index is 12.6. The molecule has 1 N–H and O–H groups in total. The first kappa shape index (κ1) is 14.9. The quantitative estimate of drug-likeness (QED) is 0.664. The van der Waals surface area contributed by atoms with Crippen LogP contribution in [0.1, 0.15) is 6.42 Å². The van der Waals surface area contributed by atoms with Crippen LogP contribution in [-0.2, 0) is 11.3 Å². The lowest BCUT2D eigenvalue weighted by atomic mass is 10.1. The van der Waals surface area contributed by atoms with Crippen molar-refractivity contribution in [2.75, 3.05) is 17.3 Å². The van der Waals surface area contributed by atoms with Crippen LogP contribution in [0.15, 0.2) is 21.4 Å². The number of thiophene rings is 1. The zero-order chi connectivity index (χ0) is 14.8. The number of nitrogens with zero attached hydrogens (tertiary/aromatic N) is 2. The molecule has 0 spiro atoms. The SMILES string of the molecule is O=C(O)CSc1nc2sccc2c(=O)n1CC1CCSC1. The molecule has 0 aliphatic carbocycles. The number of fused-ring (bicyclic) bond motifs is 1. The molecule has 8 heteroatoms. The van der Waals surface area contributed by atoms with E-state index in [0.29, 0.717) is 27.8 Å². The fourth-order valence-corrected chi connectivity index (χ4v) is 5.12. The van der Waals surface area contributed by atoms with Gasteiger partial charge in [0.2, 0.25) is 0 Å². The average molecular weight is 342 g/mol. The molecule has 112 valence electrons. The van der Waals surface area contributed by atoms with Crippen LogP contribution in [0.2, 0.25) is 0 Å². The fourth-order valence-electron chi connectivity index (χ4n) is 2.31. The second-order valence-corrected chi connectivity index (χ2v) is 7.85. The third-order valence-electron chi connectivity index (χ3n) is 3.34. The van der Waals surface area contributed by atoms with E-state index < -0.39 is 5.97 Å². The lowest BCUT2D eigenvalue weighted by molar-refractivity contribution is -0.133. The molecule has 5 nitrogen and oxygen atoms in total. The second-order valence-electron chi connectivity index (χ2n) is 4.86. The van der Waals surface area contributed by atoms with Gasteiger partial charge in [0.05, 0.1) is 11.1 Å². The van der Waals surface area contributed by atoms with Gasteiger partial charge in [0.15, 0.2) is 5.16 Å². The molecule has 1 fully saturated rings. The average Bonchev–Trinajstić information content (AvgIpc) is 3.11. The molecule has 1 saturated heterocycles. The van der Waals surface area contributed by atoms with Gasteiger partial charge in [-0.05, 0) is 35.3 Å². The summed E-state index contributed by atoms with van der Waals surface area (Å²) in [4.78, 5) is 28.6. The van der Waals surface area contributed by atoms with Gasteiger partial charge in [-0.15, -0.1) is 11.3 Å². The smallest absolute Gasteiger partial charge is 0.313 e. The van der Waals surface area contributed by atoms with E-state index in [0.717, 1.165) is 29.7 Å². The van der Waals surface area contributed by atoms with Crippen LogP contribution in [0, 0.1) is 5.92 Å². The van der Waals surface area contributed by atoms with Crippen LogP contribution in [0.25, 0.3) is 10.2 Å². The maximum atomic E-state index is 12.6. The predicted octanol–water partition coefficient (Wildman–Crippen LogP) is 2.39. The summed E-state index contributed by atoms with van der Waals surface area (Å²) >= 11 is 4.44. The Hall–Kier alpha value is -0.990. The van der Waals surface area contributed by atoms with Crippen LogP contribution in [-0.4, -0.2) is 37.9 Å². The maximum Gasteiger partial charge on any atom is 0.313 e. The number of carboxylic acids is 1. The lowest BCUT2D eigenvalue weighted by Gasteiger charge is -2.14. The number of aliphatic carboxylic acids is 1. The van der Waals surface area contributed by atoms with Gasteiger partial charge < -0.3 is 5.11 Å². The minimum atomic E-state index is -0.900. The van der Waals surface area contributed by atoms with Gasteiger partial charge >= 0.3 is 5.97 Å². The van der Waals surface area contributed by atoms with Gasteiger partial charge in [-0.25, -0.2) is 4.98 Å². The molecule has 21 heavy (non-hydrogen) atoms. The fraction of sp³-hybridized carbons (Fsp3) is 0.462. The summed E-state index contributed by atoms with van der Waals surface area (Å²) in [5.74, 6) is 1.67. The highest BCUT2D eigenvalue weighted by Crippen LogP contribution is 2.27. The lowest BCUT2D eigenvalue weighted by Crippen LogP contribution is -2.26. The Morgan fingerprint density at radius 3 is 3.14 bits per heavy atom. The zero-order valence-corrected chi connectivity index (χ0v) is 13.6. The van der Waals surface area contributed by atoms with E-state index in [4.69, 9.17) is 5.11 Å². The number of aromatic nitrogens is 2. The molecular weight excluding hydrogens is 328 g/mol. The van der Waals surface area contributed by atoms with Crippen molar-refractivity contribution in [1.29, 1.82) is 0 Å². The molecule has 1 unspecified atom stereocenters. The van der Waals surface area contributed by atoms with Gasteiger partial charge in [-0.3, -0.25) is 14.2 Å². The van der Waals surface area contributed by atoms with Crippen LogP contribution in [0.3, 0.4) is 0 Å². The van der Waals surface area contributed by atoms with E-state index in [1.165, 1.54) is 11.3 Å². The van der Waals surface area contributed by atoms with Gasteiger partial charge in [0.1, 0.15) is 4.83 Å². The van der Waals surface area contributed by atoms with Crippen LogP contribution in [0.5, 0.6) is 0 Å². The minimum Gasteiger partial charge on any atom is -0.481 e. The summed E-state index contributed by atoms with van der Waals surface area (Å²) < 4.78 is 1.67. The molecule has 1 aliphatic rings. The Morgan fingerprint density at radius 1 is 1.57 bits per heavy atom. The zero-order valence-electron chi connectivity index (χ0n) is 11.2. The van der Waals surface area contributed by atoms with E-state index in [9.17, 15) is 9.59 Å². The van der Waals surface area contributed by atoms with E-state index >= 15 is 0 Å². The highest BCUT2D eigenvalue weighted by atomic mass is 32.2. The van der Waals surface area contributed by atoms with Crippen LogP contribution < -0.4 is 5.56 Å². The first-order valence-electron chi connectivity index (χ1n) is 6.55. The highest BCUT2D eigenvalue weighted by Gasteiger charge is 2.20. The van der Waals surface area contributed by atoms with E-state index in [-0.39, 0.29) is 11.3 Å². The van der Waals surface area contributed by atoms with Crippen LogP contribution >= 0.6 is 34.9 Å². The molecule has 2 aromatic rings. The van der Waals surface area contributed by atoms with Crippen molar-refractivity contribution in [3.8, 4) is 0 Å². The third-order valence-corrected chi connectivity index (χ3v) is 6.34. The molecule has 0 amide bonds. The van der Waals surface area contributed by atoms with Crippen molar-refractivity contribution in [1.82, 2.24) is 9.55 Å². The number of thioether (sulfide) groups is 2. The third kappa shape index (κ3) is 3.27. The van der Waals surface area contributed by atoms with Crippen molar-refractivity contribution in [3.05, 3.63) is 21.8 Å². The molecule has 0 saturated carbocycles. The topological polar surface area (TPSA) is 72.2 Å². The Kier molecular flexibility index (Phi) is 4.56. The summed E-state index contributed by atoms with van der Waals surface area (Å²) in [6.45, 7) is 0.632. The molecule has 3 rings (SSSR count). The Balaban J connectivity index is 1.99. The molecular formula is C13H14N2O3S3. The summed E-state index contributed by atoms with van der Waals surface area (Å²) in [6.07, 6.45) is 1.10. The summed E-state index contributed by atoms with van der Waals surface area (Å²) in [5, 5.41) is 11.9. The minimum absolute atomic E-state index is 0.0500. The molecule has 0 aromatic carbocycles. The molecule has 3 heterocycles. The number of hydrogen-bond donors (Lipinski definition) is 1. The van der Waals surface area contributed by atoms with Crippen molar-refractivity contribution in [3.63, 3.8) is 0 Å². The van der Waals surface area contributed by atoms with Gasteiger partial charge in [-0.2, -0.15) is 11.8 Å². The van der Waals surface area contributed by atoms with Crippen molar-refractivity contribution < 1.29 is 9.90 Å². The summed E-state index contributed by atoms with van der Waals surface area (Å²) in [7, 11) is 0. The van der Waals surface area contributed by atoms with Gasteiger partial charge in [0, 0.05) is 6.54 Å². The normalized spacial score (nSPS) is 18.4. The first-order chi connectivity index (χ1) is 10.1. The number of carbonyl (C=O) groups is 1. The number of rotatable bonds is 5. The first-order valence-corrected chi connectivity index (χ1v) is 9.57. The summed E-state index contributed by atoms with van der Waals surface area (Å²) in [5.41, 5.74) is -0.0500. The number of hydrogen-bond acceptors (Lipinski definition) is 6. The molecule has 2 aromatic heterocycles. The van der Waals surface area contributed by atoms with E-state index in [1.807, 2.05) is 17.1 Å². The van der Waals surface area contributed by atoms with E-state index in [2.05, 4.69) is 4.98 Å². The van der Waals surface area contributed by atoms with Crippen molar-refractivity contribution in [2.45, 2.75) is 18.1 Å². The standard InChI is InChI=1S/C13H14N2O3S3/c16-10(17)7-21-13-14-11-9(2-4-20-11)12(18)15(13)5-8-1-3-19-6-8/h2,4,8H,1,3,5-7H2,(H,16,17). The Bertz CT molecular complexity index is 719. The molecule has 0 radical (unpaired) electrons. The Labute approximate surface area is 133 Å².